The first kappa shape index (κ1) is 21.5. The number of halogens is 3. The van der Waals surface area contributed by atoms with Crippen LogP contribution in [0.25, 0.3) is 5.52 Å². The highest BCUT2D eigenvalue weighted by molar-refractivity contribution is 5.91. The van der Waals surface area contributed by atoms with Crippen LogP contribution in [0.4, 0.5) is 19.1 Å². The summed E-state index contributed by atoms with van der Waals surface area (Å²) in [4.78, 5) is 26.8. The molecule has 160 valence electrons. The summed E-state index contributed by atoms with van der Waals surface area (Å²) in [5.41, 5.74) is -1.07. The largest absolute Gasteiger partial charge is 0.458 e. The zero-order valence-corrected chi connectivity index (χ0v) is 16.1. The Morgan fingerprint density at radius 2 is 2.27 bits per heavy atom. The van der Waals surface area contributed by atoms with E-state index >= 15 is 0 Å². The topological polar surface area (TPSA) is 119 Å². The number of rotatable bonds is 5. The lowest BCUT2D eigenvalue weighted by atomic mass is 10.0. The fourth-order valence-corrected chi connectivity index (χ4v) is 3.32. The number of nitrogens with zero attached hydrogens (tertiary/aromatic N) is 4. The van der Waals surface area contributed by atoms with Crippen molar-refractivity contribution in [3.8, 4) is 6.07 Å². The number of aldehydes is 1. The molecule has 0 aliphatic carbocycles. The van der Waals surface area contributed by atoms with E-state index < -0.39 is 41.5 Å². The van der Waals surface area contributed by atoms with Gasteiger partial charge in [0.1, 0.15) is 12.2 Å². The molecule has 0 bridgehead atoms. The summed E-state index contributed by atoms with van der Waals surface area (Å²) in [5, 5.41) is 16.4. The summed E-state index contributed by atoms with van der Waals surface area (Å²) in [5.74, 6) is -2.60. The lowest BCUT2D eigenvalue weighted by Gasteiger charge is -2.31. The lowest BCUT2D eigenvalue weighted by molar-refractivity contribution is -0.153. The van der Waals surface area contributed by atoms with Crippen molar-refractivity contribution < 1.29 is 32.2 Å². The first-order valence-corrected chi connectivity index (χ1v) is 9.02. The van der Waals surface area contributed by atoms with Crippen molar-refractivity contribution in [3.05, 3.63) is 23.0 Å². The highest BCUT2D eigenvalue weighted by Gasteiger charge is 2.41. The normalized spacial score (nSPS) is 20.4. The number of anilines is 1. The summed E-state index contributed by atoms with van der Waals surface area (Å²) >= 11 is 0. The summed E-state index contributed by atoms with van der Waals surface area (Å²) in [6, 6.07) is 1.24. The number of ether oxygens (including phenoxy) is 2. The number of fused-ring (bicyclic) bond motifs is 1. The van der Waals surface area contributed by atoms with Gasteiger partial charge >= 0.3 is 12.1 Å². The Hall–Kier alpha value is -3.20. The van der Waals surface area contributed by atoms with Gasteiger partial charge in [-0.3, -0.25) is 9.59 Å². The molecule has 3 rings (SSSR count). The van der Waals surface area contributed by atoms with Crippen LogP contribution in [0.2, 0.25) is 0 Å². The average Bonchev–Trinajstić information content (AvgIpc) is 3.00. The van der Waals surface area contributed by atoms with Crippen LogP contribution < -0.4 is 5.32 Å². The van der Waals surface area contributed by atoms with E-state index in [1.54, 1.807) is 6.07 Å². The smallest absolute Gasteiger partial charge is 0.397 e. The molecule has 3 heterocycles. The van der Waals surface area contributed by atoms with Crippen LogP contribution in [0.15, 0.2) is 6.20 Å². The van der Waals surface area contributed by atoms with Gasteiger partial charge in [0.05, 0.1) is 47.1 Å². The van der Waals surface area contributed by atoms with Crippen LogP contribution in [-0.4, -0.2) is 58.4 Å². The second-order valence-electron chi connectivity index (χ2n) is 6.81. The number of nitrogens with one attached hydrogen (secondary N) is 1. The standard InChI is InChI=1S/C18H18F3N5O4/c1-9(18(19,20)21)16-11(5-22)12(7-27)14-6-23-17(25-26(14)16)24-13-3-4-29-8-15(13)30-10(2)28/h6-7,9,13,15H,3-4,8H2,1-2H3,(H,24,25). The number of carbonyl (C=O) groups is 2. The maximum atomic E-state index is 13.4. The van der Waals surface area contributed by atoms with E-state index in [-0.39, 0.29) is 23.6 Å². The third kappa shape index (κ3) is 4.06. The van der Waals surface area contributed by atoms with Crippen LogP contribution in [-0.2, 0) is 14.3 Å². The second-order valence-corrected chi connectivity index (χ2v) is 6.81. The molecular formula is C18H18F3N5O4. The van der Waals surface area contributed by atoms with Crippen molar-refractivity contribution in [2.45, 2.75) is 44.5 Å². The molecular weight excluding hydrogens is 407 g/mol. The molecule has 3 unspecified atom stereocenters. The molecule has 2 aromatic rings. The van der Waals surface area contributed by atoms with Gasteiger partial charge in [-0.25, -0.2) is 9.50 Å². The molecule has 2 aromatic heterocycles. The van der Waals surface area contributed by atoms with Crippen molar-refractivity contribution in [2.75, 3.05) is 18.5 Å². The molecule has 1 saturated heterocycles. The van der Waals surface area contributed by atoms with Gasteiger partial charge in [0.25, 0.3) is 0 Å². The number of hydrogen-bond acceptors (Lipinski definition) is 8. The summed E-state index contributed by atoms with van der Waals surface area (Å²) in [6.07, 6.45) is -3.35. The van der Waals surface area contributed by atoms with Gasteiger partial charge in [0.2, 0.25) is 5.95 Å². The highest BCUT2D eigenvalue weighted by Crippen LogP contribution is 2.38. The van der Waals surface area contributed by atoms with Gasteiger partial charge < -0.3 is 14.8 Å². The molecule has 0 radical (unpaired) electrons. The number of alkyl halides is 3. The van der Waals surface area contributed by atoms with Crippen LogP contribution >= 0.6 is 0 Å². The second kappa shape index (κ2) is 8.27. The van der Waals surface area contributed by atoms with E-state index in [9.17, 15) is 28.0 Å². The Labute approximate surface area is 168 Å². The van der Waals surface area contributed by atoms with Gasteiger partial charge in [0.15, 0.2) is 6.29 Å². The van der Waals surface area contributed by atoms with Crippen LogP contribution in [0.5, 0.6) is 0 Å². The van der Waals surface area contributed by atoms with E-state index in [2.05, 4.69) is 15.4 Å². The number of nitriles is 1. The van der Waals surface area contributed by atoms with E-state index in [4.69, 9.17) is 9.47 Å². The van der Waals surface area contributed by atoms with Crippen molar-refractivity contribution in [1.29, 1.82) is 5.26 Å². The Morgan fingerprint density at radius 1 is 1.53 bits per heavy atom. The molecule has 0 amide bonds. The van der Waals surface area contributed by atoms with Gasteiger partial charge in [0, 0.05) is 13.5 Å². The fourth-order valence-electron chi connectivity index (χ4n) is 3.32. The number of esters is 1. The van der Waals surface area contributed by atoms with E-state index in [0.717, 1.165) is 11.4 Å². The molecule has 1 fully saturated rings. The lowest BCUT2D eigenvalue weighted by Crippen LogP contribution is -2.44. The SMILES string of the molecule is CC(=O)OC1COCCC1Nc1ncc2c(C=O)c(C#N)c(C(C)C(F)(F)F)n2n1. The third-order valence-electron chi connectivity index (χ3n) is 4.83. The quantitative estimate of drug-likeness (QED) is 0.572. The molecule has 1 aliphatic rings. The van der Waals surface area contributed by atoms with E-state index in [1.807, 2.05) is 0 Å². The van der Waals surface area contributed by atoms with Gasteiger partial charge in [-0.1, -0.05) is 0 Å². The average molecular weight is 425 g/mol. The van der Waals surface area contributed by atoms with Gasteiger partial charge in [-0.2, -0.15) is 18.4 Å². The fraction of sp³-hybridized carbons (Fsp3) is 0.500. The predicted molar refractivity (Wildman–Crippen MR) is 96.0 cm³/mol. The molecule has 1 aliphatic heterocycles. The first-order valence-electron chi connectivity index (χ1n) is 9.02. The van der Waals surface area contributed by atoms with Crippen molar-refractivity contribution in [2.24, 2.45) is 0 Å². The van der Waals surface area contributed by atoms with Gasteiger partial charge in [-0.15, -0.1) is 5.10 Å². The summed E-state index contributed by atoms with van der Waals surface area (Å²) < 4.78 is 51.6. The Kier molecular flexibility index (Phi) is 5.93. The molecule has 9 nitrogen and oxygen atoms in total. The predicted octanol–water partition coefficient (Wildman–Crippen LogP) is 2.21. The van der Waals surface area contributed by atoms with Crippen LogP contribution in [0.3, 0.4) is 0 Å². The Morgan fingerprint density at radius 3 is 2.87 bits per heavy atom. The molecule has 12 heteroatoms. The molecule has 1 N–H and O–H groups in total. The zero-order valence-electron chi connectivity index (χ0n) is 16.1. The minimum Gasteiger partial charge on any atom is -0.458 e. The molecule has 0 spiro atoms. The summed E-state index contributed by atoms with van der Waals surface area (Å²) in [6.45, 7) is 2.67. The number of aromatic nitrogens is 3. The minimum absolute atomic E-state index is 0.0123. The van der Waals surface area contributed by atoms with Gasteiger partial charge in [-0.05, 0) is 13.3 Å². The molecule has 0 saturated carbocycles. The third-order valence-corrected chi connectivity index (χ3v) is 4.83. The van der Waals surface area contributed by atoms with Crippen LogP contribution in [0.1, 0.15) is 47.8 Å². The van der Waals surface area contributed by atoms with Crippen molar-refractivity contribution in [1.82, 2.24) is 14.6 Å². The maximum absolute atomic E-state index is 13.4. The number of hydrogen-bond donors (Lipinski definition) is 1. The Balaban J connectivity index is 2.05. The Bertz CT molecular complexity index is 1010. The van der Waals surface area contributed by atoms with E-state index in [1.165, 1.54) is 13.1 Å². The van der Waals surface area contributed by atoms with Crippen LogP contribution in [0, 0.1) is 11.3 Å². The molecule has 30 heavy (non-hydrogen) atoms. The monoisotopic (exact) mass is 425 g/mol. The van der Waals surface area contributed by atoms with Crippen molar-refractivity contribution in [3.63, 3.8) is 0 Å². The molecule has 3 atom stereocenters. The molecule has 0 aromatic carbocycles. The maximum Gasteiger partial charge on any atom is 0.397 e. The van der Waals surface area contributed by atoms with E-state index in [0.29, 0.717) is 19.3 Å². The minimum atomic E-state index is -4.65. The zero-order chi connectivity index (χ0) is 22.1. The first-order chi connectivity index (χ1) is 14.2. The number of carbonyl (C=O) groups excluding carboxylic acids is 2. The highest BCUT2D eigenvalue weighted by atomic mass is 19.4. The van der Waals surface area contributed by atoms with Crippen molar-refractivity contribution >= 4 is 23.7 Å². The summed E-state index contributed by atoms with van der Waals surface area (Å²) in [7, 11) is 0.